The molecule has 10 heteroatoms. The highest BCUT2D eigenvalue weighted by Crippen LogP contribution is 2.21. The number of benzene rings is 1. The fourth-order valence-corrected chi connectivity index (χ4v) is 3.54. The van der Waals surface area contributed by atoms with Crippen molar-refractivity contribution in [2.45, 2.75) is 19.3 Å². The van der Waals surface area contributed by atoms with Crippen LogP contribution < -0.4 is 15.2 Å². The Hall–Kier alpha value is -2.52. The van der Waals surface area contributed by atoms with Gasteiger partial charge in [-0.25, -0.2) is 9.82 Å². The smallest absolute Gasteiger partial charge is 0.250 e. The summed E-state index contributed by atoms with van der Waals surface area (Å²) in [5.41, 5.74) is 3.01. The molecule has 1 aromatic heterocycles. The van der Waals surface area contributed by atoms with Gasteiger partial charge in [-0.05, 0) is 31.4 Å². The van der Waals surface area contributed by atoms with E-state index in [0.29, 0.717) is 31.1 Å². The minimum Gasteiger partial charge on any atom is -0.378 e. The molecule has 2 fully saturated rings. The van der Waals surface area contributed by atoms with Gasteiger partial charge in [0.2, 0.25) is 17.8 Å². The Bertz CT molecular complexity index is 813. The monoisotopic (exact) mass is 419 g/mol. The highest BCUT2D eigenvalue weighted by atomic mass is 35.5. The predicted octanol–water partition coefficient (Wildman–Crippen LogP) is 2.94. The van der Waals surface area contributed by atoms with Crippen molar-refractivity contribution in [3.63, 3.8) is 0 Å². The number of ether oxygens (including phenoxy) is 1. The standard InChI is InChI=1S/C19H23ClFN7O/c20-15-5-4-6-16(21)14(15)13-22-26-17-23-18(27-7-2-1-3-8-27)25-19(24-17)28-9-11-29-12-10-28/h4-6,13H,1-3,7-12H2,(H,23,24,25,26)/b22-13+. The van der Waals surface area contributed by atoms with E-state index in [9.17, 15) is 4.39 Å². The topological polar surface area (TPSA) is 78.8 Å². The Morgan fingerprint density at radius 2 is 1.69 bits per heavy atom. The van der Waals surface area contributed by atoms with Crippen molar-refractivity contribution in [1.82, 2.24) is 15.0 Å². The Labute approximate surface area is 173 Å². The van der Waals surface area contributed by atoms with Crippen LogP contribution >= 0.6 is 11.6 Å². The molecule has 2 aliphatic heterocycles. The van der Waals surface area contributed by atoms with Crippen molar-refractivity contribution in [2.24, 2.45) is 5.10 Å². The van der Waals surface area contributed by atoms with Gasteiger partial charge in [-0.15, -0.1) is 0 Å². The number of nitrogens with one attached hydrogen (secondary N) is 1. The van der Waals surface area contributed by atoms with E-state index in [-0.39, 0.29) is 10.6 Å². The van der Waals surface area contributed by atoms with Crippen LogP contribution in [-0.2, 0) is 4.74 Å². The van der Waals surface area contributed by atoms with E-state index in [2.05, 4.69) is 35.3 Å². The first-order valence-electron chi connectivity index (χ1n) is 9.77. The lowest BCUT2D eigenvalue weighted by molar-refractivity contribution is 0.122. The van der Waals surface area contributed by atoms with Gasteiger partial charge in [0, 0.05) is 31.7 Å². The fourth-order valence-electron chi connectivity index (χ4n) is 3.33. The van der Waals surface area contributed by atoms with Crippen molar-refractivity contribution in [2.75, 3.05) is 54.6 Å². The van der Waals surface area contributed by atoms with Crippen LogP contribution in [0.1, 0.15) is 24.8 Å². The van der Waals surface area contributed by atoms with Crippen LogP contribution in [0.15, 0.2) is 23.3 Å². The maximum atomic E-state index is 13.9. The molecule has 0 aliphatic carbocycles. The Kier molecular flexibility index (Phi) is 6.36. The summed E-state index contributed by atoms with van der Waals surface area (Å²) in [6.45, 7) is 4.54. The molecule has 0 unspecified atom stereocenters. The number of hydrogen-bond acceptors (Lipinski definition) is 8. The van der Waals surface area contributed by atoms with Crippen molar-refractivity contribution >= 4 is 35.7 Å². The normalized spacial score (nSPS) is 17.7. The average Bonchev–Trinajstić information content (AvgIpc) is 2.77. The number of hydrogen-bond donors (Lipinski definition) is 1. The minimum atomic E-state index is -0.443. The van der Waals surface area contributed by atoms with Crippen LogP contribution in [-0.4, -0.2) is 60.6 Å². The summed E-state index contributed by atoms with van der Waals surface area (Å²) in [4.78, 5) is 17.9. The van der Waals surface area contributed by atoms with E-state index < -0.39 is 5.82 Å². The molecule has 29 heavy (non-hydrogen) atoms. The average molecular weight is 420 g/mol. The Morgan fingerprint density at radius 3 is 2.38 bits per heavy atom. The van der Waals surface area contributed by atoms with E-state index in [0.717, 1.165) is 39.0 Å². The van der Waals surface area contributed by atoms with Crippen LogP contribution in [0.3, 0.4) is 0 Å². The number of piperidine rings is 1. The summed E-state index contributed by atoms with van der Waals surface area (Å²) < 4.78 is 19.3. The second-order valence-corrected chi connectivity index (χ2v) is 7.32. The van der Waals surface area contributed by atoms with E-state index in [4.69, 9.17) is 16.3 Å². The molecule has 0 bridgehead atoms. The Morgan fingerprint density at radius 1 is 1.00 bits per heavy atom. The summed E-state index contributed by atoms with van der Waals surface area (Å²) in [5.74, 6) is 1.08. The summed E-state index contributed by atoms with van der Waals surface area (Å²) in [5, 5.41) is 4.38. The van der Waals surface area contributed by atoms with Crippen molar-refractivity contribution in [1.29, 1.82) is 0 Å². The lowest BCUT2D eigenvalue weighted by Gasteiger charge is -2.30. The molecule has 2 saturated heterocycles. The zero-order chi connectivity index (χ0) is 20.1. The molecule has 3 heterocycles. The zero-order valence-electron chi connectivity index (χ0n) is 16.0. The van der Waals surface area contributed by atoms with Gasteiger partial charge in [-0.1, -0.05) is 17.7 Å². The van der Waals surface area contributed by atoms with E-state index in [1.807, 2.05) is 0 Å². The number of aromatic nitrogens is 3. The molecular formula is C19H23ClFN7O. The van der Waals surface area contributed by atoms with Crippen LogP contribution in [0, 0.1) is 5.82 Å². The van der Waals surface area contributed by atoms with Crippen molar-refractivity contribution in [3.8, 4) is 0 Å². The molecular weight excluding hydrogens is 397 g/mol. The molecule has 0 amide bonds. The highest BCUT2D eigenvalue weighted by molar-refractivity contribution is 6.33. The van der Waals surface area contributed by atoms with E-state index in [1.54, 1.807) is 12.1 Å². The maximum Gasteiger partial charge on any atom is 0.250 e. The van der Waals surface area contributed by atoms with Gasteiger partial charge >= 0.3 is 0 Å². The summed E-state index contributed by atoms with van der Waals surface area (Å²) in [7, 11) is 0. The molecule has 0 saturated carbocycles. The molecule has 0 atom stereocenters. The first-order chi connectivity index (χ1) is 14.2. The van der Waals surface area contributed by atoms with Crippen LogP contribution in [0.2, 0.25) is 5.02 Å². The van der Waals surface area contributed by atoms with Crippen molar-refractivity contribution in [3.05, 3.63) is 34.6 Å². The van der Waals surface area contributed by atoms with Gasteiger partial charge in [-0.2, -0.15) is 20.1 Å². The van der Waals surface area contributed by atoms with Gasteiger partial charge in [0.25, 0.3) is 0 Å². The molecule has 0 radical (unpaired) electrons. The predicted molar refractivity (Wildman–Crippen MR) is 112 cm³/mol. The van der Waals surface area contributed by atoms with E-state index in [1.165, 1.54) is 18.7 Å². The molecule has 4 rings (SSSR count). The quantitative estimate of drug-likeness (QED) is 0.589. The highest BCUT2D eigenvalue weighted by Gasteiger charge is 2.20. The molecule has 1 aromatic carbocycles. The van der Waals surface area contributed by atoms with Crippen LogP contribution in [0.5, 0.6) is 0 Å². The maximum absolute atomic E-state index is 13.9. The number of morpholine rings is 1. The number of rotatable bonds is 5. The zero-order valence-corrected chi connectivity index (χ0v) is 16.8. The van der Waals surface area contributed by atoms with Crippen molar-refractivity contribution < 1.29 is 9.13 Å². The lowest BCUT2D eigenvalue weighted by atomic mass is 10.1. The Balaban J connectivity index is 1.58. The number of halogens is 2. The third-order valence-corrected chi connectivity index (χ3v) is 5.23. The van der Waals surface area contributed by atoms with Gasteiger partial charge in [0.15, 0.2) is 0 Å². The summed E-state index contributed by atoms with van der Waals surface area (Å²) in [6, 6.07) is 4.50. The van der Waals surface area contributed by atoms with Crippen LogP contribution in [0.25, 0.3) is 0 Å². The molecule has 0 spiro atoms. The SMILES string of the molecule is Fc1cccc(Cl)c1/C=N/Nc1nc(N2CCCCC2)nc(N2CCOCC2)n1. The summed E-state index contributed by atoms with van der Waals surface area (Å²) in [6.07, 6.45) is 4.78. The molecule has 8 nitrogen and oxygen atoms in total. The second kappa shape index (κ2) is 9.32. The molecule has 1 N–H and O–H groups in total. The first-order valence-corrected chi connectivity index (χ1v) is 10.2. The fraction of sp³-hybridized carbons (Fsp3) is 0.474. The molecule has 2 aliphatic rings. The van der Waals surface area contributed by atoms with E-state index >= 15 is 0 Å². The van der Waals surface area contributed by atoms with Gasteiger partial charge < -0.3 is 14.5 Å². The van der Waals surface area contributed by atoms with Crippen LogP contribution in [0.4, 0.5) is 22.2 Å². The molecule has 2 aromatic rings. The number of hydrazone groups is 1. The number of anilines is 3. The largest absolute Gasteiger partial charge is 0.378 e. The van der Waals surface area contributed by atoms with Gasteiger partial charge in [-0.3, -0.25) is 0 Å². The lowest BCUT2D eigenvalue weighted by Crippen LogP contribution is -2.38. The van der Waals surface area contributed by atoms with Gasteiger partial charge in [0.05, 0.1) is 24.5 Å². The second-order valence-electron chi connectivity index (χ2n) is 6.91. The first kappa shape index (κ1) is 19.8. The van der Waals surface area contributed by atoms with Gasteiger partial charge in [0.1, 0.15) is 5.82 Å². The third kappa shape index (κ3) is 4.91. The summed E-state index contributed by atoms with van der Waals surface area (Å²) >= 11 is 6.04. The third-order valence-electron chi connectivity index (χ3n) is 4.90. The molecule has 154 valence electrons. The number of nitrogens with zero attached hydrogens (tertiary/aromatic N) is 6. The minimum absolute atomic E-state index is 0.209.